The van der Waals surface area contributed by atoms with Gasteiger partial charge in [-0.3, -0.25) is 0 Å². The Balaban J connectivity index is 1.46. The first-order valence-electron chi connectivity index (χ1n) is 9.30. The highest BCUT2D eigenvalue weighted by Crippen LogP contribution is 2.38. The third-order valence-electron chi connectivity index (χ3n) is 5.38. The lowest BCUT2D eigenvalue weighted by atomic mass is 9.77. The van der Waals surface area contributed by atoms with E-state index in [1.54, 1.807) is 7.11 Å². The van der Waals surface area contributed by atoms with Crippen LogP contribution in [0, 0.1) is 11.7 Å². The van der Waals surface area contributed by atoms with Gasteiger partial charge in [-0.15, -0.1) is 0 Å². The van der Waals surface area contributed by atoms with E-state index in [0.29, 0.717) is 12.0 Å². The summed E-state index contributed by atoms with van der Waals surface area (Å²) in [5.41, 5.74) is 2.44. The molecule has 134 valence electrons. The lowest BCUT2D eigenvalue weighted by Crippen LogP contribution is -2.22. The van der Waals surface area contributed by atoms with Crippen LogP contribution >= 0.6 is 0 Å². The first-order chi connectivity index (χ1) is 12.1. The molecule has 0 saturated heterocycles. The average Bonchev–Trinajstić information content (AvgIpc) is 2.64. The van der Waals surface area contributed by atoms with E-state index in [1.807, 2.05) is 12.1 Å². The zero-order valence-corrected chi connectivity index (χ0v) is 15.2. The van der Waals surface area contributed by atoms with Gasteiger partial charge in [0.25, 0.3) is 0 Å². The zero-order valence-electron chi connectivity index (χ0n) is 15.2. The molecule has 0 aromatic heterocycles. The number of halogens is 1. The zero-order chi connectivity index (χ0) is 17.6. The first kappa shape index (κ1) is 17.8. The lowest BCUT2D eigenvalue weighted by molar-refractivity contribution is 0.301. The van der Waals surface area contributed by atoms with Gasteiger partial charge in [0.05, 0.1) is 7.11 Å². The van der Waals surface area contributed by atoms with Crippen molar-refractivity contribution in [3.05, 3.63) is 59.9 Å². The number of benzene rings is 2. The summed E-state index contributed by atoms with van der Waals surface area (Å²) >= 11 is 0. The summed E-state index contributed by atoms with van der Waals surface area (Å²) in [6.45, 7) is 2.22. The maximum atomic E-state index is 13.0. The minimum absolute atomic E-state index is 0.185. The molecule has 25 heavy (non-hydrogen) atoms. The topological polar surface area (TPSA) is 21.3 Å². The Morgan fingerprint density at radius 1 is 1.00 bits per heavy atom. The van der Waals surface area contributed by atoms with E-state index in [0.717, 1.165) is 17.4 Å². The molecule has 0 radical (unpaired) electrons. The van der Waals surface area contributed by atoms with E-state index in [1.165, 1.54) is 49.8 Å². The maximum absolute atomic E-state index is 13.0. The Morgan fingerprint density at radius 2 is 1.64 bits per heavy atom. The highest BCUT2D eigenvalue weighted by atomic mass is 19.1. The predicted molar refractivity (Wildman–Crippen MR) is 102 cm³/mol. The monoisotopic (exact) mass is 341 g/mol. The molecular weight excluding hydrogens is 313 g/mol. The smallest absolute Gasteiger partial charge is 0.123 e. The number of nitrogens with one attached hydrogen (secondary N) is 1. The third kappa shape index (κ3) is 4.97. The van der Waals surface area contributed by atoms with Gasteiger partial charge in [-0.2, -0.15) is 0 Å². The van der Waals surface area contributed by atoms with E-state index in [2.05, 4.69) is 36.5 Å². The molecule has 2 aromatic rings. The minimum atomic E-state index is -0.185. The molecule has 0 amide bonds. The van der Waals surface area contributed by atoms with Crippen molar-refractivity contribution in [1.82, 2.24) is 0 Å². The molecule has 1 saturated carbocycles. The molecular formula is C22H28FNO. The summed E-state index contributed by atoms with van der Waals surface area (Å²) in [5.74, 6) is 2.20. The summed E-state index contributed by atoms with van der Waals surface area (Å²) in [7, 11) is 1.71. The minimum Gasteiger partial charge on any atom is -0.497 e. The molecule has 2 nitrogen and oxygen atoms in total. The van der Waals surface area contributed by atoms with E-state index >= 15 is 0 Å². The van der Waals surface area contributed by atoms with Crippen LogP contribution < -0.4 is 10.1 Å². The SMILES string of the molecule is COc1ccc(C2CCC(CC(C)Nc3ccc(F)cc3)CC2)cc1. The molecule has 0 aliphatic heterocycles. The van der Waals surface area contributed by atoms with Crippen molar-refractivity contribution in [2.24, 2.45) is 5.92 Å². The van der Waals surface area contributed by atoms with E-state index < -0.39 is 0 Å². The Hall–Kier alpha value is -2.03. The first-order valence-corrected chi connectivity index (χ1v) is 9.30. The van der Waals surface area contributed by atoms with Crippen molar-refractivity contribution in [3.63, 3.8) is 0 Å². The van der Waals surface area contributed by atoms with Gasteiger partial charge in [0, 0.05) is 11.7 Å². The fraction of sp³-hybridized carbons (Fsp3) is 0.455. The van der Waals surface area contributed by atoms with Gasteiger partial charge >= 0.3 is 0 Å². The Bertz CT molecular complexity index is 645. The average molecular weight is 341 g/mol. The third-order valence-corrected chi connectivity index (χ3v) is 5.38. The highest BCUT2D eigenvalue weighted by molar-refractivity contribution is 5.43. The number of anilines is 1. The van der Waals surface area contributed by atoms with Crippen LogP contribution in [-0.2, 0) is 0 Å². The molecule has 0 heterocycles. The molecule has 1 unspecified atom stereocenters. The van der Waals surface area contributed by atoms with E-state index in [9.17, 15) is 4.39 Å². The summed E-state index contributed by atoms with van der Waals surface area (Å²) in [4.78, 5) is 0. The fourth-order valence-corrected chi connectivity index (χ4v) is 4.00. The van der Waals surface area contributed by atoms with Crippen molar-refractivity contribution in [2.75, 3.05) is 12.4 Å². The van der Waals surface area contributed by atoms with Crippen molar-refractivity contribution in [3.8, 4) is 5.75 Å². The Morgan fingerprint density at radius 3 is 2.24 bits per heavy atom. The normalized spacial score (nSPS) is 21.6. The number of hydrogen-bond acceptors (Lipinski definition) is 2. The second-order valence-electron chi connectivity index (χ2n) is 7.28. The summed E-state index contributed by atoms with van der Waals surface area (Å²) in [5, 5.41) is 3.49. The molecule has 0 spiro atoms. The molecule has 1 aliphatic carbocycles. The van der Waals surface area contributed by atoms with Crippen LogP contribution in [0.2, 0.25) is 0 Å². The largest absolute Gasteiger partial charge is 0.497 e. The number of ether oxygens (including phenoxy) is 1. The standard InChI is InChI=1S/C22H28FNO/c1-16(24-21-11-9-20(23)10-12-21)15-17-3-5-18(6-4-17)19-7-13-22(25-2)14-8-19/h7-14,16-18,24H,3-6,15H2,1-2H3. The molecule has 1 fully saturated rings. The molecule has 2 aromatic carbocycles. The number of hydrogen-bond donors (Lipinski definition) is 1. The van der Waals surface area contributed by atoms with Gasteiger partial charge in [-0.1, -0.05) is 12.1 Å². The molecule has 3 rings (SSSR count). The summed E-state index contributed by atoms with van der Waals surface area (Å²) in [6, 6.07) is 15.6. The fourth-order valence-electron chi connectivity index (χ4n) is 4.00. The predicted octanol–water partition coefficient (Wildman–Crippen LogP) is 6.00. The number of rotatable bonds is 6. The van der Waals surface area contributed by atoms with Gasteiger partial charge in [-0.25, -0.2) is 4.39 Å². The van der Waals surface area contributed by atoms with Gasteiger partial charge < -0.3 is 10.1 Å². The van der Waals surface area contributed by atoms with Crippen molar-refractivity contribution in [1.29, 1.82) is 0 Å². The van der Waals surface area contributed by atoms with Crippen molar-refractivity contribution >= 4 is 5.69 Å². The Labute approximate surface area is 150 Å². The van der Waals surface area contributed by atoms with Crippen LogP contribution in [0.15, 0.2) is 48.5 Å². The van der Waals surface area contributed by atoms with E-state index in [4.69, 9.17) is 4.74 Å². The van der Waals surface area contributed by atoms with Gasteiger partial charge in [-0.05, 0) is 92.8 Å². The maximum Gasteiger partial charge on any atom is 0.123 e. The summed E-state index contributed by atoms with van der Waals surface area (Å²) < 4.78 is 18.2. The quantitative estimate of drug-likeness (QED) is 0.696. The van der Waals surface area contributed by atoms with Crippen LogP contribution in [-0.4, -0.2) is 13.2 Å². The van der Waals surface area contributed by atoms with Crippen molar-refractivity contribution in [2.45, 2.75) is 51.0 Å². The summed E-state index contributed by atoms with van der Waals surface area (Å²) in [6.07, 6.45) is 6.27. The van der Waals surface area contributed by atoms with Crippen LogP contribution in [0.3, 0.4) is 0 Å². The highest BCUT2D eigenvalue weighted by Gasteiger charge is 2.23. The van der Waals surface area contributed by atoms with Gasteiger partial charge in [0.2, 0.25) is 0 Å². The molecule has 0 bridgehead atoms. The molecule has 1 N–H and O–H groups in total. The molecule has 3 heteroatoms. The number of methoxy groups -OCH3 is 1. The van der Waals surface area contributed by atoms with E-state index in [-0.39, 0.29) is 5.82 Å². The van der Waals surface area contributed by atoms with Crippen molar-refractivity contribution < 1.29 is 9.13 Å². The Kier molecular flexibility index (Phi) is 5.95. The second-order valence-corrected chi connectivity index (χ2v) is 7.28. The van der Waals surface area contributed by atoms with Crippen LogP contribution in [0.5, 0.6) is 5.75 Å². The second kappa shape index (κ2) is 8.37. The van der Waals surface area contributed by atoms with Gasteiger partial charge in [0.1, 0.15) is 11.6 Å². The lowest BCUT2D eigenvalue weighted by Gasteiger charge is -2.31. The van der Waals surface area contributed by atoms with Crippen LogP contribution in [0.4, 0.5) is 10.1 Å². The van der Waals surface area contributed by atoms with Crippen LogP contribution in [0.1, 0.15) is 50.5 Å². The van der Waals surface area contributed by atoms with Gasteiger partial charge in [0.15, 0.2) is 0 Å². The van der Waals surface area contributed by atoms with Crippen LogP contribution in [0.25, 0.3) is 0 Å². The molecule has 1 atom stereocenters. The molecule has 1 aliphatic rings.